The van der Waals surface area contributed by atoms with Gasteiger partial charge in [0.1, 0.15) is 5.82 Å². The van der Waals surface area contributed by atoms with E-state index in [1.165, 1.54) is 5.56 Å². The predicted molar refractivity (Wildman–Crippen MR) is 103 cm³/mol. The number of aromatic nitrogens is 2. The van der Waals surface area contributed by atoms with Gasteiger partial charge in [-0.2, -0.15) is 0 Å². The van der Waals surface area contributed by atoms with Crippen LogP contribution in [0.2, 0.25) is 0 Å². The van der Waals surface area contributed by atoms with Gasteiger partial charge in [0.15, 0.2) is 0 Å². The van der Waals surface area contributed by atoms with E-state index in [-0.39, 0.29) is 5.97 Å². The quantitative estimate of drug-likeness (QED) is 0.642. The first-order chi connectivity index (χ1) is 12.7. The van der Waals surface area contributed by atoms with Crippen molar-refractivity contribution in [3.8, 4) is 11.3 Å². The molecule has 0 saturated carbocycles. The van der Waals surface area contributed by atoms with Crippen molar-refractivity contribution < 1.29 is 9.53 Å². The molecule has 0 N–H and O–H groups in total. The standard InChI is InChI=1S/C20H19N3O2S/c1-3-25-20(24)16-5-7-19(21-11-16)23-9-8-15-10-14(4-6-18(15)23)17-12-26-13(2)22-17/h4-7,10-12H,3,8-9H2,1-2H3. The zero-order chi connectivity index (χ0) is 18.1. The normalized spacial score (nSPS) is 12.9. The van der Waals surface area contributed by atoms with Crippen LogP contribution in [-0.2, 0) is 11.2 Å². The topological polar surface area (TPSA) is 55.3 Å². The summed E-state index contributed by atoms with van der Waals surface area (Å²) in [6.45, 7) is 5.05. The molecule has 2 aromatic heterocycles. The number of aryl methyl sites for hydroxylation is 1. The zero-order valence-electron chi connectivity index (χ0n) is 14.7. The summed E-state index contributed by atoms with van der Waals surface area (Å²) in [5, 5.41) is 3.17. The van der Waals surface area contributed by atoms with Gasteiger partial charge < -0.3 is 9.64 Å². The fraction of sp³-hybridized carbons (Fsp3) is 0.250. The maximum absolute atomic E-state index is 11.8. The number of nitrogens with zero attached hydrogens (tertiary/aromatic N) is 3. The van der Waals surface area contributed by atoms with Crippen LogP contribution < -0.4 is 4.90 Å². The molecular weight excluding hydrogens is 346 g/mol. The largest absolute Gasteiger partial charge is 0.462 e. The monoisotopic (exact) mass is 365 g/mol. The number of benzene rings is 1. The average molecular weight is 365 g/mol. The van der Waals surface area contributed by atoms with Crippen LogP contribution in [-0.4, -0.2) is 29.1 Å². The summed E-state index contributed by atoms with van der Waals surface area (Å²) in [6, 6.07) is 10.1. The van der Waals surface area contributed by atoms with Gasteiger partial charge in [-0.1, -0.05) is 6.07 Å². The molecule has 0 fully saturated rings. The molecule has 3 aromatic rings. The molecule has 0 spiro atoms. The number of carbonyl (C=O) groups excluding carboxylic acids is 1. The average Bonchev–Trinajstić information content (AvgIpc) is 3.27. The highest BCUT2D eigenvalue weighted by molar-refractivity contribution is 7.09. The molecular formula is C20H19N3O2S. The Labute approximate surface area is 156 Å². The number of anilines is 2. The minimum absolute atomic E-state index is 0.337. The lowest BCUT2D eigenvalue weighted by atomic mass is 10.1. The maximum atomic E-state index is 11.8. The number of pyridine rings is 1. The maximum Gasteiger partial charge on any atom is 0.339 e. The third-order valence-electron chi connectivity index (χ3n) is 4.43. The summed E-state index contributed by atoms with van der Waals surface area (Å²) in [4.78, 5) is 23.0. The lowest BCUT2D eigenvalue weighted by Crippen LogP contribution is -2.15. The second-order valence-corrected chi connectivity index (χ2v) is 7.18. The van der Waals surface area contributed by atoms with E-state index in [9.17, 15) is 4.79 Å². The van der Waals surface area contributed by atoms with Crippen LogP contribution >= 0.6 is 11.3 Å². The number of carbonyl (C=O) groups is 1. The van der Waals surface area contributed by atoms with Gasteiger partial charge in [0.2, 0.25) is 0 Å². The van der Waals surface area contributed by atoms with Crippen molar-refractivity contribution in [3.63, 3.8) is 0 Å². The van der Waals surface area contributed by atoms with Crippen LogP contribution in [0.15, 0.2) is 41.9 Å². The molecule has 3 heterocycles. The Hall–Kier alpha value is -2.73. The van der Waals surface area contributed by atoms with E-state index >= 15 is 0 Å². The molecule has 6 heteroatoms. The van der Waals surface area contributed by atoms with Crippen LogP contribution in [0, 0.1) is 6.92 Å². The molecule has 0 radical (unpaired) electrons. The minimum Gasteiger partial charge on any atom is -0.462 e. The molecule has 0 atom stereocenters. The van der Waals surface area contributed by atoms with Crippen molar-refractivity contribution in [1.29, 1.82) is 0 Å². The fourth-order valence-corrected chi connectivity index (χ4v) is 3.80. The number of ether oxygens (including phenoxy) is 1. The fourth-order valence-electron chi connectivity index (χ4n) is 3.18. The van der Waals surface area contributed by atoms with Gasteiger partial charge in [0, 0.05) is 29.4 Å². The van der Waals surface area contributed by atoms with E-state index in [4.69, 9.17) is 4.74 Å². The van der Waals surface area contributed by atoms with Crippen molar-refractivity contribution in [2.45, 2.75) is 20.3 Å². The molecule has 4 rings (SSSR count). The predicted octanol–water partition coefficient (Wildman–Crippen LogP) is 4.38. The molecule has 0 bridgehead atoms. The number of fused-ring (bicyclic) bond motifs is 1. The van der Waals surface area contributed by atoms with Crippen LogP contribution in [0.25, 0.3) is 11.3 Å². The molecule has 1 aliphatic heterocycles. The van der Waals surface area contributed by atoms with E-state index in [1.54, 1.807) is 30.5 Å². The molecule has 1 aromatic carbocycles. The summed E-state index contributed by atoms with van der Waals surface area (Å²) in [7, 11) is 0. The Morgan fingerprint density at radius 3 is 2.88 bits per heavy atom. The zero-order valence-corrected chi connectivity index (χ0v) is 15.5. The number of hydrogen-bond acceptors (Lipinski definition) is 6. The van der Waals surface area contributed by atoms with Crippen molar-refractivity contribution in [2.24, 2.45) is 0 Å². The van der Waals surface area contributed by atoms with E-state index in [0.717, 1.165) is 40.7 Å². The van der Waals surface area contributed by atoms with Crippen LogP contribution in [0.5, 0.6) is 0 Å². The second-order valence-electron chi connectivity index (χ2n) is 6.12. The van der Waals surface area contributed by atoms with E-state index in [0.29, 0.717) is 12.2 Å². The molecule has 5 nitrogen and oxygen atoms in total. The van der Waals surface area contributed by atoms with Gasteiger partial charge >= 0.3 is 5.97 Å². The minimum atomic E-state index is -0.337. The third-order valence-corrected chi connectivity index (χ3v) is 5.20. The van der Waals surface area contributed by atoms with E-state index in [1.807, 2.05) is 13.0 Å². The Morgan fingerprint density at radius 1 is 1.31 bits per heavy atom. The van der Waals surface area contributed by atoms with Crippen molar-refractivity contribution >= 4 is 28.8 Å². The van der Waals surface area contributed by atoms with Crippen molar-refractivity contribution in [2.75, 3.05) is 18.1 Å². The molecule has 26 heavy (non-hydrogen) atoms. The molecule has 1 aliphatic rings. The summed E-state index contributed by atoms with van der Waals surface area (Å²) < 4.78 is 5.01. The smallest absolute Gasteiger partial charge is 0.339 e. The molecule has 0 aliphatic carbocycles. The van der Waals surface area contributed by atoms with Gasteiger partial charge in [-0.05, 0) is 50.1 Å². The number of hydrogen-bond donors (Lipinski definition) is 0. The highest BCUT2D eigenvalue weighted by atomic mass is 32.1. The summed E-state index contributed by atoms with van der Waals surface area (Å²) in [5.74, 6) is 0.505. The van der Waals surface area contributed by atoms with Gasteiger partial charge in [0.25, 0.3) is 0 Å². The highest BCUT2D eigenvalue weighted by Crippen LogP contribution is 2.36. The Bertz CT molecular complexity index is 950. The number of rotatable bonds is 4. The molecule has 0 saturated heterocycles. The summed E-state index contributed by atoms with van der Waals surface area (Å²) in [5.41, 5.74) is 5.12. The Kier molecular flexibility index (Phi) is 4.42. The highest BCUT2D eigenvalue weighted by Gasteiger charge is 2.22. The lowest BCUT2D eigenvalue weighted by Gasteiger charge is -2.18. The van der Waals surface area contributed by atoms with Crippen molar-refractivity contribution in [3.05, 3.63) is 58.0 Å². The van der Waals surface area contributed by atoms with Crippen LogP contribution in [0.1, 0.15) is 27.9 Å². The second kappa shape index (κ2) is 6.88. The van der Waals surface area contributed by atoms with E-state index in [2.05, 4.69) is 38.4 Å². The first kappa shape index (κ1) is 16.7. The lowest BCUT2D eigenvalue weighted by molar-refractivity contribution is 0.0526. The molecule has 0 unspecified atom stereocenters. The SMILES string of the molecule is CCOC(=O)c1ccc(N2CCc3cc(-c4csc(C)n4)ccc32)nc1. The van der Waals surface area contributed by atoms with Gasteiger partial charge in [-0.15, -0.1) is 11.3 Å². The van der Waals surface area contributed by atoms with Crippen molar-refractivity contribution in [1.82, 2.24) is 9.97 Å². The van der Waals surface area contributed by atoms with E-state index < -0.39 is 0 Å². The first-order valence-electron chi connectivity index (χ1n) is 8.62. The van der Waals surface area contributed by atoms with Gasteiger partial charge in [-0.3, -0.25) is 0 Å². The van der Waals surface area contributed by atoms with Crippen LogP contribution in [0.4, 0.5) is 11.5 Å². The molecule has 0 amide bonds. The molecule has 132 valence electrons. The third kappa shape index (κ3) is 3.08. The summed E-state index contributed by atoms with van der Waals surface area (Å²) in [6.07, 6.45) is 2.55. The van der Waals surface area contributed by atoms with Gasteiger partial charge in [-0.25, -0.2) is 14.8 Å². The first-order valence-corrected chi connectivity index (χ1v) is 9.50. The number of thiazole rings is 1. The van der Waals surface area contributed by atoms with Crippen LogP contribution in [0.3, 0.4) is 0 Å². The number of esters is 1. The summed E-state index contributed by atoms with van der Waals surface area (Å²) >= 11 is 1.67. The Balaban J connectivity index is 1.59. The van der Waals surface area contributed by atoms with Gasteiger partial charge in [0.05, 0.1) is 22.9 Å². The Morgan fingerprint density at radius 2 is 2.19 bits per heavy atom.